The van der Waals surface area contributed by atoms with Gasteiger partial charge in [-0.1, -0.05) is 32.9 Å². The molecule has 1 amide bonds. The van der Waals surface area contributed by atoms with Crippen LogP contribution >= 0.6 is 0 Å². The second-order valence-electron chi connectivity index (χ2n) is 6.03. The first-order valence-electron chi connectivity index (χ1n) is 6.74. The molecule has 0 fully saturated rings. The molecule has 4 N–H and O–H groups in total. The number of anilines is 1. The molecule has 114 valence electrons. The second kappa shape index (κ2) is 6.92. The molecule has 5 heteroatoms. The fourth-order valence-electron chi connectivity index (χ4n) is 1.75. The maximum atomic E-state index is 11.9. The summed E-state index contributed by atoms with van der Waals surface area (Å²) in [4.78, 5) is 22.8. The van der Waals surface area contributed by atoms with Crippen molar-refractivity contribution in [2.24, 2.45) is 5.41 Å². The minimum atomic E-state index is -0.933. The van der Waals surface area contributed by atoms with Crippen molar-refractivity contribution in [3.05, 3.63) is 35.9 Å². The molecule has 5 nitrogen and oxygen atoms in total. The molecule has 0 aliphatic carbocycles. The van der Waals surface area contributed by atoms with E-state index in [0.29, 0.717) is 5.69 Å². The summed E-state index contributed by atoms with van der Waals surface area (Å²) >= 11 is 0. The Kier molecular flexibility index (Phi) is 5.52. The third-order valence-corrected chi connectivity index (χ3v) is 3.10. The maximum absolute atomic E-state index is 11.9. The molecule has 1 aromatic carbocycles. The smallest absolute Gasteiger partial charge is 0.305 e. The number of hydrogen-bond donors (Lipinski definition) is 3. The third kappa shape index (κ3) is 6.12. The zero-order valence-corrected chi connectivity index (χ0v) is 12.6. The van der Waals surface area contributed by atoms with Crippen molar-refractivity contribution in [1.82, 2.24) is 5.32 Å². The van der Waals surface area contributed by atoms with E-state index in [4.69, 9.17) is 10.8 Å². The van der Waals surface area contributed by atoms with Gasteiger partial charge in [0.15, 0.2) is 0 Å². The fourth-order valence-corrected chi connectivity index (χ4v) is 1.75. The number of carbonyl (C=O) groups is 2. The van der Waals surface area contributed by atoms with E-state index in [2.05, 4.69) is 5.32 Å². The molecule has 0 spiro atoms. The van der Waals surface area contributed by atoms with Crippen LogP contribution in [0, 0.1) is 5.41 Å². The van der Waals surface area contributed by atoms with Crippen LogP contribution in [0.15, 0.2) is 30.3 Å². The summed E-state index contributed by atoms with van der Waals surface area (Å²) in [6.07, 6.45) is 2.95. The van der Waals surface area contributed by atoms with Crippen LogP contribution < -0.4 is 11.1 Å². The molecule has 1 rings (SSSR count). The molecule has 21 heavy (non-hydrogen) atoms. The van der Waals surface area contributed by atoms with Gasteiger partial charge in [-0.15, -0.1) is 0 Å². The number of carbonyl (C=O) groups excluding carboxylic acids is 1. The lowest BCUT2D eigenvalue weighted by molar-refractivity contribution is -0.138. The van der Waals surface area contributed by atoms with E-state index in [1.165, 1.54) is 6.08 Å². The van der Waals surface area contributed by atoms with E-state index in [1.807, 2.05) is 20.8 Å². The van der Waals surface area contributed by atoms with Crippen LogP contribution in [-0.2, 0) is 9.59 Å². The Hall–Kier alpha value is -2.30. The number of amides is 1. The Morgan fingerprint density at radius 3 is 2.33 bits per heavy atom. The van der Waals surface area contributed by atoms with Crippen molar-refractivity contribution < 1.29 is 14.7 Å². The van der Waals surface area contributed by atoms with E-state index in [-0.39, 0.29) is 17.7 Å². The summed E-state index contributed by atoms with van der Waals surface area (Å²) in [5, 5.41) is 11.7. The Balaban J connectivity index is 2.69. The number of carboxylic acids is 1. The van der Waals surface area contributed by atoms with Gasteiger partial charge in [-0.05, 0) is 29.2 Å². The molecule has 0 radical (unpaired) electrons. The molecule has 1 unspecified atom stereocenters. The highest BCUT2D eigenvalue weighted by Gasteiger charge is 2.27. The quantitative estimate of drug-likeness (QED) is 0.573. The second-order valence-corrected chi connectivity index (χ2v) is 6.03. The van der Waals surface area contributed by atoms with Gasteiger partial charge in [0, 0.05) is 17.8 Å². The van der Waals surface area contributed by atoms with Crippen molar-refractivity contribution in [3.63, 3.8) is 0 Å². The van der Waals surface area contributed by atoms with Gasteiger partial charge in [-0.25, -0.2) is 0 Å². The van der Waals surface area contributed by atoms with E-state index in [0.717, 1.165) is 5.56 Å². The maximum Gasteiger partial charge on any atom is 0.305 e. The highest BCUT2D eigenvalue weighted by molar-refractivity contribution is 5.92. The lowest BCUT2D eigenvalue weighted by Crippen LogP contribution is -2.44. The predicted molar refractivity (Wildman–Crippen MR) is 83.5 cm³/mol. The van der Waals surface area contributed by atoms with Crippen molar-refractivity contribution >= 4 is 23.6 Å². The summed E-state index contributed by atoms with van der Waals surface area (Å²) in [6.45, 7) is 5.68. The number of hydrogen-bond acceptors (Lipinski definition) is 3. The van der Waals surface area contributed by atoms with Crippen LogP contribution in [0.4, 0.5) is 5.69 Å². The predicted octanol–water partition coefficient (Wildman–Crippen LogP) is 2.29. The summed E-state index contributed by atoms with van der Waals surface area (Å²) in [5.74, 6) is -1.24. The van der Waals surface area contributed by atoms with E-state index >= 15 is 0 Å². The standard InChI is InChI=1S/C16H22N2O3/c1-16(2,3)13(10-15(20)21)18-14(19)9-6-11-4-7-12(17)8-5-11/h4-9,13H,10,17H2,1-3H3,(H,18,19)(H,20,21)/b9-6+. The number of rotatable bonds is 5. The molecule has 0 aromatic heterocycles. The average Bonchev–Trinajstić information content (AvgIpc) is 2.36. The van der Waals surface area contributed by atoms with Gasteiger partial charge in [-0.3, -0.25) is 9.59 Å². The normalized spacial score (nSPS) is 13.1. The molecule has 0 saturated heterocycles. The van der Waals surface area contributed by atoms with Gasteiger partial charge in [0.2, 0.25) is 5.91 Å². The molecular formula is C16H22N2O3. The van der Waals surface area contributed by atoms with Crippen molar-refractivity contribution in [2.45, 2.75) is 33.2 Å². The van der Waals surface area contributed by atoms with E-state index < -0.39 is 12.0 Å². The van der Waals surface area contributed by atoms with Crippen LogP contribution in [0.5, 0.6) is 0 Å². The highest BCUT2D eigenvalue weighted by Crippen LogP contribution is 2.21. The summed E-state index contributed by atoms with van der Waals surface area (Å²) in [5.41, 5.74) is 6.76. The molecular weight excluding hydrogens is 268 g/mol. The minimum absolute atomic E-state index is 0.106. The van der Waals surface area contributed by atoms with Gasteiger partial charge in [0.1, 0.15) is 0 Å². The van der Waals surface area contributed by atoms with E-state index in [9.17, 15) is 9.59 Å². The first-order chi connectivity index (χ1) is 9.68. The van der Waals surface area contributed by atoms with Gasteiger partial charge in [-0.2, -0.15) is 0 Å². The Morgan fingerprint density at radius 1 is 1.29 bits per heavy atom. The Bertz CT molecular complexity index is 527. The Morgan fingerprint density at radius 2 is 1.86 bits per heavy atom. The lowest BCUT2D eigenvalue weighted by Gasteiger charge is -2.29. The fraction of sp³-hybridized carbons (Fsp3) is 0.375. The number of nitrogens with two attached hydrogens (primary N) is 1. The SMILES string of the molecule is CC(C)(C)C(CC(=O)O)NC(=O)/C=C/c1ccc(N)cc1. The van der Waals surface area contributed by atoms with Crippen LogP contribution in [0.3, 0.4) is 0 Å². The van der Waals surface area contributed by atoms with Gasteiger partial charge in [0.25, 0.3) is 0 Å². The van der Waals surface area contributed by atoms with Gasteiger partial charge >= 0.3 is 5.97 Å². The first kappa shape index (κ1) is 16.8. The molecule has 0 saturated carbocycles. The number of aliphatic carboxylic acids is 1. The molecule has 1 aromatic rings. The molecule has 0 aliphatic rings. The number of nitrogens with one attached hydrogen (secondary N) is 1. The third-order valence-electron chi connectivity index (χ3n) is 3.10. The summed E-state index contributed by atoms with van der Waals surface area (Å²) < 4.78 is 0. The largest absolute Gasteiger partial charge is 0.481 e. The number of nitrogen functional groups attached to an aromatic ring is 1. The van der Waals surface area contributed by atoms with Crippen molar-refractivity contribution in [1.29, 1.82) is 0 Å². The van der Waals surface area contributed by atoms with Gasteiger partial charge in [0.05, 0.1) is 6.42 Å². The number of benzene rings is 1. The van der Waals surface area contributed by atoms with Crippen LogP contribution in [0.1, 0.15) is 32.8 Å². The van der Waals surface area contributed by atoms with E-state index in [1.54, 1.807) is 30.3 Å². The average molecular weight is 290 g/mol. The van der Waals surface area contributed by atoms with Gasteiger partial charge < -0.3 is 16.2 Å². The zero-order chi connectivity index (χ0) is 16.0. The summed E-state index contributed by atoms with van der Waals surface area (Å²) in [7, 11) is 0. The zero-order valence-electron chi connectivity index (χ0n) is 12.6. The molecule has 1 atom stereocenters. The lowest BCUT2D eigenvalue weighted by atomic mass is 9.84. The van der Waals surface area contributed by atoms with Crippen LogP contribution in [-0.4, -0.2) is 23.0 Å². The first-order valence-corrected chi connectivity index (χ1v) is 6.74. The Labute approximate surface area is 124 Å². The molecule has 0 bridgehead atoms. The van der Waals surface area contributed by atoms with Crippen LogP contribution in [0.2, 0.25) is 0 Å². The summed E-state index contributed by atoms with van der Waals surface area (Å²) in [6, 6.07) is 6.67. The van der Waals surface area contributed by atoms with Crippen LogP contribution in [0.25, 0.3) is 6.08 Å². The monoisotopic (exact) mass is 290 g/mol. The molecule has 0 aliphatic heterocycles. The number of carboxylic acid groups (broad SMARTS) is 1. The topological polar surface area (TPSA) is 92.4 Å². The molecule has 0 heterocycles. The minimum Gasteiger partial charge on any atom is -0.481 e. The highest BCUT2D eigenvalue weighted by atomic mass is 16.4. The van der Waals surface area contributed by atoms with Crippen molar-refractivity contribution in [2.75, 3.05) is 5.73 Å². The van der Waals surface area contributed by atoms with Crippen molar-refractivity contribution in [3.8, 4) is 0 Å².